The lowest BCUT2D eigenvalue weighted by Gasteiger charge is -2.39. The van der Waals surface area contributed by atoms with Crippen molar-refractivity contribution in [3.05, 3.63) is 0 Å². The van der Waals surface area contributed by atoms with E-state index in [1.165, 1.54) is 0 Å². The molecule has 0 aromatic heterocycles. The molecule has 0 unspecified atom stereocenters. The van der Waals surface area contributed by atoms with Crippen LogP contribution in [-0.2, 0) is 9.59 Å². The van der Waals surface area contributed by atoms with E-state index in [0.717, 1.165) is 50.8 Å². The molecular formula is C13H22N2O2S. The summed E-state index contributed by atoms with van der Waals surface area (Å²) in [5.41, 5.74) is -0.547. The Morgan fingerprint density at radius 1 is 1.28 bits per heavy atom. The van der Waals surface area contributed by atoms with Crippen LogP contribution in [0.3, 0.4) is 0 Å². The summed E-state index contributed by atoms with van der Waals surface area (Å²) in [7, 11) is 0. The molecular weight excluding hydrogens is 248 g/mol. The van der Waals surface area contributed by atoms with Crippen LogP contribution in [0.25, 0.3) is 0 Å². The smallest absolute Gasteiger partial charge is 0.248 e. The minimum absolute atomic E-state index is 0.0152. The van der Waals surface area contributed by atoms with E-state index in [2.05, 4.69) is 11.6 Å². The molecule has 2 amide bonds. The summed E-state index contributed by atoms with van der Waals surface area (Å²) >= 11 is 1.83. The van der Waals surface area contributed by atoms with Crippen molar-refractivity contribution in [1.29, 1.82) is 0 Å². The number of amides is 2. The van der Waals surface area contributed by atoms with Crippen molar-refractivity contribution in [2.45, 2.75) is 44.1 Å². The summed E-state index contributed by atoms with van der Waals surface area (Å²) in [5, 5.41) is 2.94. The SMILES string of the molecule is CSCCCCN1CC(=O)NC2(CCCC2)C1=O. The molecule has 1 heterocycles. The van der Waals surface area contributed by atoms with Gasteiger partial charge in [-0.1, -0.05) is 12.8 Å². The van der Waals surface area contributed by atoms with Gasteiger partial charge >= 0.3 is 0 Å². The molecule has 4 nitrogen and oxygen atoms in total. The summed E-state index contributed by atoms with van der Waals surface area (Å²) in [5.74, 6) is 1.30. The predicted molar refractivity (Wildman–Crippen MR) is 73.5 cm³/mol. The van der Waals surface area contributed by atoms with Gasteiger partial charge in [0, 0.05) is 6.54 Å². The van der Waals surface area contributed by atoms with E-state index in [1.807, 2.05) is 11.8 Å². The Balaban J connectivity index is 1.93. The Labute approximate surface area is 113 Å². The first-order valence-corrected chi connectivity index (χ1v) is 8.17. The molecule has 2 aliphatic rings. The first-order chi connectivity index (χ1) is 8.68. The molecule has 1 saturated heterocycles. The maximum atomic E-state index is 12.5. The second-order valence-electron chi connectivity index (χ2n) is 5.26. The van der Waals surface area contributed by atoms with Crippen LogP contribution >= 0.6 is 11.8 Å². The number of rotatable bonds is 5. The first-order valence-electron chi connectivity index (χ1n) is 6.77. The van der Waals surface area contributed by atoms with Crippen LogP contribution < -0.4 is 5.32 Å². The maximum Gasteiger partial charge on any atom is 0.248 e. The van der Waals surface area contributed by atoms with E-state index >= 15 is 0 Å². The normalized spacial score (nSPS) is 22.6. The summed E-state index contributed by atoms with van der Waals surface area (Å²) in [4.78, 5) is 26.0. The van der Waals surface area contributed by atoms with Crippen molar-refractivity contribution in [1.82, 2.24) is 10.2 Å². The number of hydrogen-bond donors (Lipinski definition) is 1. The maximum absolute atomic E-state index is 12.5. The van der Waals surface area contributed by atoms with Crippen molar-refractivity contribution in [2.75, 3.05) is 25.1 Å². The second kappa shape index (κ2) is 5.95. The number of carbonyl (C=O) groups excluding carboxylic acids is 2. The molecule has 1 N–H and O–H groups in total. The summed E-state index contributed by atoms with van der Waals surface area (Å²) in [6.07, 6.45) is 7.93. The Bertz CT molecular complexity index is 327. The van der Waals surface area contributed by atoms with Crippen LogP contribution in [0.1, 0.15) is 38.5 Å². The minimum Gasteiger partial charge on any atom is -0.340 e. The number of thioether (sulfide) groups is 1. The molecule has 1 aliphatic heterocycles. The van der Waals surface area contributed by atoms with Gasteiger partial charge < -0.3 is 10.2 Å². The Morgan fingerprint density at radius 3 is 2.67 bits per heavy atom. The van der Waals surface area contributed by atoms with Gasteiger partial charge in [-0.2, -0.15) is 11.8 Å². The number of piperazine rings is 1. The fourth-order valence-corrected chi connectivity index (χ4v) is 3.45. The van der Waals surface area contributed by atoms with Gasteiger partial charge in [-0.25, -0.2) is 0 Å². The number of unbranched alkanes of at least 4 members (excludes halogenated alkanes) is 1. The highest BCUT2D eigenvalue weighted by atomic mass is 32.2. The summed E-state index contributed by atoms with van der Waals surface area (Å²) < 4.78 is 0. The zero-order valence-electron chi connectivity index (χ0n) is 11.0. The molecule has 2 fully saturated rings. The Morgan fingerprint density at radius 2 is 2.00 bits per heavy atom. The third-order valence-corrected chi connectivity index (χ3v) is 4.59. The topological polar surface area (TPSA) is 49.4 Å². The van der Waals surface area contributed by atoms with Crippen LogP contribution in [0.5, 0.6) is 0 Å². The molecule has 18 heavy (non-hydrogen) atoms. The Hall–Kier alpha value is -0.710. The van der Waals surface area contributed by atoms with Crippen molar-refractivity contribution < 1.29 is 9.59 Å². The largest absolute Gasteiger partial charge is 0.340 e. The van der Waals surface area contributed by atoms with Crippen LogP contribution in [0, 0.1) is 0 Å². The van der Waals surface area contributed by atoms with Crippen LogP contribution in [-0.4, -0.2) is 47.4 Å². The van der Waals surface area contributed by atoms with E-state index in [4.69, 9.17) is 0 Å². The van der Waals surface area contributed by atoms with Gasteiger partial charge in [-0.05, 0) is 37.7 Å². The highest BCUT2D eigenvalue weighted by molar-refractivity contribution is 7.98. The second-order valence-corrected chi connectivity index (χ2v) is 6.25. The lowest BCUT2D eigenvalue weighted by atomic mass is 9.93. The van der Waals surface area contributed by atoms with Gasteiger partial charge in [0.25, 0.3) is 0 Å². The van der Waals surface area contributed by atoms with Gasteiger partial charge in [0.15, 0.2) is 0 Å². The molecule has 5 heteroatoms. The quantitative estimate of drug-likeness (QED) is 0.768. The van der Waals surface area contributed by atoms with Crippen molar-refractivity contribution >= 4 is 23.6 Å². The zero-order chi connectivity index (χ0) is 13.0. The number of carbonyl (C=O) groups is 2. The zero-order valence-corrected chi connectivity index (χ0v) is 11.9. The molecule has 0 aromatic carbocycles. The molecule has 0 bridgehead atoms. The van der Waals surface area contributed by atoms with E-state index < -0.39 is 5.54 Å². The highest BCUT2D eigenvalue weighted by Gasteiger charge is 2.47. The lowest BCUT2D eigenvalue weighted by molar-refractivity contribution is -0.149. The minimum atomic E-state index is -0.547. The van der Waals surface area contributed by atoms with Gasteiger partial charge in [-0.3, -0.25) is 9.59 Å². The lowest BCUT2D eigenvalue weighted by Crippen LogP contribution is -2.65. The van der Waals surface area contributed by atoms with Crippen LogP contribution in [0.2, 0.25) is 0 Å². The predicted octanol–water partition coefficient (Wildman–Crippen LogP) is 1.40. The third kappa shape index (κ3) is 2.82. The molecule has 0 aromatic rings. The molecule has 2 rings (SSSR count). The number of nitrogens with one attached hydrogen (secondary N) is 1. The van der Waals surface area contributed by atoms with Crippen molar-refractivity contribution in [2.24, 2.45) is 0 Å². The van der Waals surface area contributed by atoms with Crippen LogP contribution in [0.15, 0.2) is 0 Å². The molecule has 102 valence electrons. The van der Waals surface area contributed by atoms with Crippen molar-refractivity contribution in [3.63, 3.8) is 0 Å². The van der Waals surface area contributed by atoms with Gasteiger partial charge in [0.05, 0.1) is 6.54 Å². The van der Waals surface area contributed by atoms with Crippen molar-refractivity contribution in [3.8, 4) is 0 Å². The summed E-state index contributed by atoms with van der Waals surface area (Å²) in [6.45, 7) is 0.981. The number of hydrogen-bond acceptors (Lipinski definition) is 3. The van der Waals surface area contributed by atoms with E-state index in [9.17, 15) is 9.59 Å². The van der Waals surface area contributed by atoms with Gasteiger partial charge in [0.1, 0.15) is 5.54 Å². The van der Waals surface area contributed by atoms with E-state index in [1.54, 1.807) is 4.90 Å². The molecule has 1 spiro atoms. The molecule has 0 atom stereocenters. The first kappa shape index (κ1) is 13.7. The molecule has 1 saturated carbocycles. The Kier molecular flexibility index (Phi) is 4.54. The fourth-order valence-electron chi connectivity index (χ4n) is 2.95. The third-order valence-electron chi connectivity index (χ3n) is 3.89. The van der Waals surface area contributed by atoms with E-state index in [0.29, 0.717) is 0 Å². The monoisotopic (exact) mass is 270 g/mol. The fraction of sp³-hybridized carbons (Fsp3) is 0.846. The van der Waals surface area contributed by atoms with Gasteiger partial charge in [0.2, 0.25) is 11.8 Å². The van der Waals surface area contributed by atoms with E-state index in [-0.39, 0.29) is 18.4 Å². The summed E-state index contributed by atoms with van der Waals surface area (Å²) in [6, 6.07) is 0. The van der Waals surface area contributed by atoms with Crippen LogP contribution in [0.4, 0.5) is 0 Å². The van der Waals surface area contributed by atoms with Gasteiger partial charge in [-0.15, -0.1) is 0 Å². The average molecular weight is 270 g/mol. The number of nitrogens with zero attached hydrogens (tertiary/aromatic N) is 1. The average Bonchev–Trinajstić information content (AvgIpc) is 2.80. The molecule has 0 radical (unpaired) electrons. The highest BCUT2D eigenvalue weighted by Crippen LogP contribution is 2.33. The molecule has 1 aliphatic carbocycles. The standard InChI is InChI=1S/C13H22N2O2S/c1-18-9-5-4-8-15-10-11(16)14-13(12(15)17)6-2-3-7-13/h2-10H2,1H3,(H,14,16).